The van der Waals surface area contributed by atoms with E-state index in [4.69, 9.17) is 11.8 Å². The largest absolute Gasteiger partial charge is 0.193 e. The normalized spacial score (nSPS) is 5.17. The molecule has 0 saturated heterocycles. The van der Waals surface area contributed by atoms with Gasteiger partial charge in [0.2, 0.25) is 0 Å². The van der Waals surface area contributed by atoms with Crippen LogP contribution in [0.1, 0.15) is 4.28 Å². The fourth-order valence-electron chi connectivity index (χ4n) is 0. The third kappa shape index (κ3) is 8.87. The van der Waals surface area contributed by atoms with E-state index in [0.29, 0.717) is 15.4 Å². The summed E-state index contributed by atoms with van der Waals surface area (Å²) in [6, 6.07) is 1.78. The monoisotopic (exact) mass is 208 g/mol. The van der Waals surface area contributed by atoms with E-state index < -0.39 is 0 Å². The predicted octanol–water partition coefficient (Wildman–Crippen LogP) is -0.451. The van der Waals surface area contributed by atoms with Gasteiger partial charge in [0.05, 0.1) is 16.3 Å². The Balaban J connectivity index is -0.0000000133. The van der Waals surface area contributed by atoms with Crippen LogP contribution in [0.25, 0.3) is 0 Å². The van der Waals surface area contributed by atoms with Crippen LogP contribution in [0, 0.1) is 17.9 Å². The van der Waals surface area contributed by atoms with Crippen molar-refractivity contribution in [2.24, 2.45) is 0 Å². The number of hydrogen-bond acceptors (Lipinski definition) is 1. The predicted molar refractivity (Wildman–Crippen MR) is 35.5 cm³/mol. The van der Waals surface area contributed by atoms with Crippen LogP contribution in [0.15, 0.2) is 5.20 Å². The third-order valence-corrected chi connectivity index (χ3v) is 0.400. The second-order valence-corrected chi connectivity index (χ2v) is 1.87. The molecule has 0 heterocycles. The standard InChI is InChI=1S/C3H4NSi.Sn.3H2/c1-3(5)2-4;;;;/h1H,5H3;;3*1H. The SMILES string of the molecule is [CH]=C([SiH3])C#N.[HH].[HH].[HH].[Sn]. The fraction of sp³-hybridized carbons (Fsp3) is 0. The first-order valence-corrected chi connectivity index (χ1v) is 2.26. The van der Waals surface area contributed by atoms with Crippen LogP contribution in [0.3, 0.4) is 0 Å². The van der Waals surface area contributed by atoms with Crippen molar-refractivity contribution < 1.29 is 4.28 Å². The molecule has 0 rings (SSSR count). The van der Waals surface area contributed by atoms with E-state index in [0.717, 1.165) is 0 Å². The first-order valence-electron chi connectivity index (χ1n) is 1.26. The van der Waals surface area contributed by atoms with E-state index >= 15 is 0 Å². The zero-order valence-corrected chi connectivity index (χ0v) is 8.38. The van der Waals surface area contributed by atoms with E-state index in [1.807, 2.05) is 0 Å². The number of nitriles is 1. The topological polar surface area (TPSA) is 23.8 Å². The zero-order chi connectivity index (χ0) is 4.28. The van der Waals surface area contributed by atoms with Gasteiger partial charge >= 0.3 is 0 Å². The van der Waals surface area contributed by atoms with Crippen molar-refractivity contribution in [3.05, 3.63) is 11.8 Å². The maximum absolute atomic E-state index is 7.77. The molecule has 0 fully saturated rings. The van der Waals surface area contributed by atoms with Gasteiger partial charge in [0.15, 0.2) is 0 Å². The molecule has 0 aliphatic carbocycles. The summed E-state index contributed by atoms with van der Waals surface area (Å²) in [6.45, 7) is 4.91. The van der Waals surface area contributed by atoms with Crippen LogP contribution in [-0.2, 0) is 0 Å². The van der Waals surface area contributed by atoms with Gasteiger partial charge in [-0.15, -0.1) is 0 Å². The molecule has 0 aliphatic heterocycles. The molecule has 35 valence electrons. The first-order chi connectivity index (χ1) is 2.27. The van der Waals surface area contributed by atoms with Crippen LogP contribution in [0.4, 0.5) is 0 Å². The summed E-state index contributed by atoms with van der Waals surface area (Å²) < 4.78 is 0. The van der Waals surface area contributed by atoms with E-state index in [9.17, 15) is 0 Å². The van der Waals surface area contributed by atoms with E-state index in [2.05, 4.69) is 0 Å². The van der Waals surface area contributed by atoms with Gasteiger partial charge in [0.25, 0.3) is 0 Å². The summed E-state index contributed by atoms with van der Waals surface area (Å²) in [5.41, 5.74) is 0. The molecule has 1 nitrogen and oxygen atoms in total. The summed E-state index contributed by atoms with van der Waals surface area (Å²) in [7, 11) is 0.703. The Morgan fingerprint density at radius 1 is 2.00 bits per heavy atom. The summed E-state index contributed by atoms with van der Waals surface area (Å²) in [4.78, 5) is 0. The quantitative estimate of drug-likeness (QED) is 0.389. The van der Waals surface area contributed by atoms with Crippen molar-refractivity contribution in [1.82, 2.24) is 0 Å². The van der Waals surface area contributed by atoms with Gasteiger partial charge in [-0.2, -0.15) is 5.26 Å². The van der Waals surface area contributed by atoms with Crippen LogP contribution in [-0.4, -0.2) is 34.2 Å². The Kier molecular flexibility index (Phi) is 8.34. The van der Waals surface area contributed by atoms with Crippen LogP contribution in [0.5, 0.6) is 0 Å². The minimum Gasteiger partial charge on any atom is -0.193 e. The number of rotatable bonds is 0. The molecule has 0 unspecified atom stereocenters. The van der Waals surface area contributed by atoms with Crippen LogP contribution in [0.2, 0.25) is 0 Å². The second-order valence-electron chi connectivity index (χ2n) is 0.795. The van der Waals surface area contributed by atoms with E-state index in [1.54, 1.807) is 6.07 Å². The fourth-order valence-corrected chi connectivity index (χ4v) is 0. The van der Waals surface area contributed by atoms with Gasteiger partial charge in [-0.25, -0.2) is 0 Å². The number of allylic oxidation sites excluding steroid dienone is 1. The van der Waals surface area contributed by atoms with Crippen LogP contribution < -0.4 is 0 Å². The molecule has 0 N–H and O–H groups in total. The molecular formula is C3H10NSiSn. The molecule has 0 bridgehead atoms. The summed E-state index contributed by atoms with van der Waals surface area (Å²) in [5.74, 6) is 0. The Labute approximate surface area is 61.9 Å². The molecule has 0 spiro atoms. The molecule has 3 heteroatoms. The van der Waals surface area contributed by atoms with Gasteiger partial charge in [-0.3, -0.25) is 0 Å². The minimum atomic E-state index is 0. The van der Waals surface area contributed by atoms with Crippen molar-refractivity contribution in [2.45, 2.75) is 0 Å². The minimum absolute atomic E-state index is 0. The van der Waals surface area contributed by atoms with Gasteiger partial charge in [0.1, 0.15) is 0 Å². The Morgan fingerprint density at radius 2 is 2.17 bits per heavy atom. The van der Waals surface area contributed by atoms with Crippen molar-refractivity contribution in [3.63, 3.8) is 0 Å². The van der Waals surface area contributed by atoms with Crippen molar-refractivity contribution in [1.29, 1.82) is 5.26 Å². The van der Waals surface area contributed by atoms with Crippen molar-refractivity contribution in [3.8, 4) is 6.07 Å². The molecule has 0 aromatic heterocycles. The first kappa shape index (κ1) is 9.53. The van der Waals surface area contributed by atoms with Crippen molar-refractivity contribution in [2.75, 3.05) is 0 Å². The van der Waals surface area contributed by atoms with Gasteiger partial charge in [0, 0.05) is 33.4 Å². The average molecular weight is 207 g/mol. The summed E-state index contributed by atoms with van der Waals surface area (Å²) in [6.07, 6.45) is 0. The van der Waals surface area contributed by atoms with Gasteiger partial charge in [-0.05, 0) is 0 Å². The second kappa shape index (κ2) is 5.25. The summed E-state index contributed by atoms with van der Waals surface area (Å²) in [5, 5.41) is 8.22. The smallest absolute Gasteiger partial charge is 0.0890 e. The molecule has 6 heavy (non-hydrogen) atoms. The number of hydrogen-bond donors (Lipinski definition) is 0. The maximum atomic E-state index is 7.77. The van der Waals surface area contributed by atoms with E-state index in [1.165, 1.54) is 0 Å². The van der Waals surface area contributed by atoms with Crippen LogP contribution >= 0.6 is 0 Å². The Morgan fingerprint density at radius 3 is 2.17 bits per heavy atom. The van der Waals surface area contributed by atoms with Crippen molar-refractivity contribution >= 4 is 34.2 Å². The molecule has 0 amide bonds. The molecule has 5 radical (unpaired) electrons. The Bertz CT molecular complexity index is 91.5. The van der Waals surface area contributed by atoms with E-state index in [-0.39, 0.29) is 28.2 Å². The average Bonchev–Trinajstić information content (AvgIpc) is 1.38. The molecule has 0 aliphatic rings. The molecule has 0 aromatic carbocycles. The third-order valence-electron chi connectivity index (χ3n) is 0.176. The maximum Gasteiger partial charge on any atom is 0.0890 e. The van der Waals surface area contributed by atoms with Gasteiger partial charge in [-0.1, -0.05) is 6.58 Å². The zero-order valence-electron chi connectivity index (χ0n) is 3.52. The van der Waals surface area contributed by atoms with Gasteiger partial charge < -0.3 is 0 Å². The summed E-state index contributed by atoms with van der Waals surface area (Å²) >= 11 is 0. The Hall–Kier alpha value is 0.246. The molecular weight excluding hydrogens is 197 g/mol. The molecule has 0 aromatic rings. The number of nitrogens with zero attached hydrogens (tertiary/aromatic N) is 1. The molecule has 0 atom stereocenters. The molecule has 0 saturated carbocycles.